The smallest absolute Gasteiger partial charge is 0.161 e. The number of rotatable bonds is 6. The van der Waals surface area contributed by atoms with Crippen LogP contribution in [0, 0.1) is 0 Å². The van der Waals surface area contributed by atoms with E-state index in [1.165, 1.54) is 5.56 Å². The SMILES string of the molecule is COc1ccc(CN2C=Cc3cc(OC)c(OC)cc3C2)cc1OC. The topological polar surface area (TPSA) is 40.2 Å². The first-order chi connectivity index (χ1) is 12.2. The Kier molecular flexibility index (Phi) is 5.03. The molecule has 2 aromatic rings. The molecule has 0 spiro atoms. The van der Waals surface area contributed by atoms with E-state index in [1.54, 1.807) is 28.4 Å². The van der Waals surface area contributed by atoms with Gasteiger partial charge in [0.2, 0.25) is 0 Å². The number of hydrogen-bond donors (Lipinski definition) is 0. The van der Waals surface area contributed by atoms with E-state index in [1.807, 2.05) is 24.3 Å². The normalized spacial score (nSPS) is 12.6. The third-order valence-corrected chi connectivity index (χ3v) is 4.32. The van der Waals surface area contributed by atoms with Gasteiger partial charge in [0.25, 0.3) is 0 Å². The van der Waals surface area contributed by atoms with E-state index in [0.29, 0.717) is 0 Å². The fourth-order valence-corrected chi connectivity index (χ4v) is 3.01. The second-order valence-electron chi connectivity index (χ2n) is 5.82. The van der Waals surface area contributed by atoms with Crippen LogP contribution in [0.25, 0.3) is 6.08 Å². The molecule has 0 unspecified atom stereocenters. The van der Waals surface area contributed by atoms with Crippen LogP contribution in [0.15, 0.2) is 36.5 Å². The molecule has 5 nitrogen and oxygen atoms in total. The molecule has 5 heteroatoms. The van der Waals surface area contributed by atoms with Crippen molar-refractivity contribution in [1.29, 1.82) is 0 Å². The van der Waals surface area contributed by atoms with E-state index in [9.17, 15) is 0 Å². The van der Waals surface area contributed by atoms with Crippen molar-refractivity contribution in [3.63, 3.8) is 0 Å². The van der Waals surface area contributed by atoms with Crippen molar-refractivity contribution in [3.8, 4) is 23.0 Å². The molecule has 0 aliphatic carbocycles. The molecule has 0 saturated carbocycles. The van der Waals surface area contributed by atoms with E-state index >= 15 is 0 Å². The molecule has 0 amide bonds. The van der Waals surface area contributed by atoms with Crippen molar-refractivity contribution < 1.29 is 18.9 Å². The van der Waals surface area contributed by atoms with Crippen molar-refractivity contribution in [2.75, 3.05) is 28.4 Å². The zero-order valence-corrected chi connectivity index (χ0v) is 15.0. The van der Waals surface area contributed by atoms with Gasteiger partial charge in [-0.3, -0.25) is 0 Å². The minimum atomic E-state index is 0.739. The Labute approximate surface area is 148 Å². The Morgan fingerprint density at radius 2 is 1.44 bits per heavy atom. The molecule has 0 saturated heterocycles. The van der Waals surface area contributed by atoms with Crippen molar-refractivity contribution >= 4 is 6.08 Å². The van der Waals surface area contributed by atoms with Crippen LogP contribution in [-0.2, 0) is 13.1 Å². The highest BCUT2D eigenvalue weighted by Gasteiger charge is 2.16. The molecule has 3 rings (SSSR count). The molecule has 1 aliphatic heterocycles. The zero-order chi connectivity index (χ0) is 17.8. The summed E-state index contributed by atoms with van der Waals surface area (Å²) < 4.78 is 21.5. The first-order valence-electron chi connectivity index (χ1n) is 8.06. The van der Waals surface area contributed by atoms with Gasteiger partial charge in [0, 0.05) is 19.3 Å². The lowest BCUT2D eigenvalue weighted by Crippen LogP contribution is -2.19. The quantitative estimate of drug-likeness (QED) is 0.801. The van der Waals surface area contributed by atoms with E-state index < -0.39 is 0 Å². The van der Waals surface area contributed by atoms with Gasteiger partial charge in [0.1, 0.15) is 0 Å². The van der Waals surface area contributed by atoms with E-state index in [0.717, 1.165) is 47.2 Å². The first kappa shape index (κ1) is 17.0. The Morgan fingerprint density at radius 1 is 0.800 bits per heavy atom. The fraction of sp³-hybridized carbons (Fsp3) is 0.300. The van der Waals surface area contributed by atoms with Gasteiger partial charge in [-0.2, -0.15) is 0 Å². The van der Waals surface area contributed by atoms with Crippen LogP contribution in [0.3, 0.4) is 0 Å². The number of fused-ring (bicyclic) bond motifs is 1. The molecular formula is C20H23NO4. The molecule has 1 aliphatic rings. The number of methoxy groups -OCH3 is 4. The molecule has 0 aromatic heterocycles. The lowest BCUT2D eigenvalue weighted by molar-refractivity contribution is 0.341. The maximum atomic E-state index is 5.41. The van der Waals surface area contributed by atoms with Crippen molar-refractivity contribution in [3.05, 3.63) is 53.2 Å². The predicted octanol–water partition coefficient (Wildman–Crippen LogP) is 3.71. The molecule has 0 atom stereocenters. The summed E-state index contributed by atoms with van der Waals surface area (Å²) in [6.45, 7) is 1.59. The van der Waals surface area contributed by atoms with Crippen LogP contribution >= 0.6 is 0 Å². The molecule has 2 aromatic carbocycles. The van der Waals surface area contributed by atoms with Gasteiger partial charge >= 0.3 is 0 Å². The summed E-state index contributed by atoms with van der Waals surface area (Å²) in [4.78, 5) is 2.25. The Morgan fingerprint density at radius 3 is 2.12 bits per heavy atom. The molecule has 0 N–H and O–H groups in total. The van der Waals surface area contributed by atoms with Gasteiger partial charge in [-0.15, -0.1) is 0 Å². The van der Waals surface area contributed by atoms with Gasteiger partial charge < -0.3 is 23.8 Å². The molecule has 0 fully saturated rings. The monoisotopic (exact) mass is 341 g/mol. The Balaban J connectivity index is 1.80. The van der Waals surface area contributed by atoms with E-state index in [4.69, 9.17) is 18.9 Å². The fourth-order valence-electron chi connectivity index (χ4n) is 3.01. The zero-order valence-electron chi connectivity index (χ0n) is 15.0. The molecular weight excluding hydrogens is 318 g/mol. The van der Waals surface area contributed by atoms with Crippen molar-refractivity contribution in [2.45, 2.75) is 13.1 Å². The summed E-state index contributed by atoms with van der Waals surface area (Å²) in [7, 11) is 6.60. The lowest BCUT2D eigenvalue weighted by Gasteiger charge is -2.26. The van der Waals surface area contributed by atoms with E-state index in [-0.39, 0.29) is 0 Å². The van der Waals surface area contributed by atoms with Gasteiger partial charge in [-0.05, 0) is 47.0 Å². The standard InChI is InChI=1S/C20H23NO4/c1-22-17-6-5-14(9-18(17)23-2)12-21-8-7-15-10-19(24-3)20(25-4)11-16(15)13-21/h5-11H,12-13H2,1-4H3. The molecule has 132 valence electrons. The summed E-state index contributed by atoms with van der Waals surface area (Å²) in [5, 5.41) is 0. The maximum absolute atomic E-state index is 5.41. The maximum Gasteiger partial charge on any atom is 0.161 e. The van der Waals surface area contributed by atoms with Gasteiger partial charge in [-0.25, -0.2) is 0 Å². The van der Waals surface area contributed by atoms with Gasteiger partial charge in [-0.1, -0.05) is 6.07 Å². The summed E-state index contributed by atoms with van der Waals surface area (Å²) in [5.41, 5.74) is 3.52. The molecule has 25 heavy (non-hydrogen) atoms. The number of hydrogen-bond acceptors (Lipinski definition) is 5. The second kappa shape index (κ2) is 7.38. The van der Waals surface area contributed by atoms with E-state index in [2.05, 4.69) is 23.2 Å². The largest absolute Gasteiger partial charge is 0.493 e. The Hall–Kier alpha value is -2.82. The van der Waals surface area contributed by atoms with Crippen LogP contribution < -0.4 is 18.9 Å². The molecule has 0 radical (unpaired) electrons. The van der Waals surface area contributed by atoms with Crippen LogP contribution in [0.5, 0.6) is 23.0 Å². The average Bonchev–Trinajstić information content (AvgIpc) is 2.66. The minimum Gasteiger partial charge on any atom is -0.493 e. The number of ether oxygens (including phenoxy) is 4. The first-order valence-corrected chi connectivity index (χ1v) is 8.06. The summed E-state index contributed by atoms with van der Waals surface area (Å²) >= 11 is 0. The third-order valence-electron chi connectivity index (χ3n) is 4.32. The average molecular weight is 341 g/mol. The number of nitrogens with zero attached hydrogens (tertiary/aromatic N) is 1. The lowest BCUT2D eigenvalue weighted by atomic mass is 10.0. The Bertz CT molecular complexity index is 786. The van der Waals surface area contributed by atoms with Gasteiger partial charge in [0.15, 0.2) is 23.0 Å². The van der Waals surface area contributed by atoms with Crippen LogP contribution in [-0.4, -0.2) is 33.3 Å². The van der Waals surface area contributed by atoms with Crippen LogP contribution in [0.1, 0.15) is 16.7 Å². The molecule has 1 heterocycles. The third kappa shape index (κ3) is 3.50. The summed E-state index contributed by atoms with van der Waals surface area (Å²) in [5.74, 6) is 2.98. The summed E-state index contributed by atoms with van der Waals surface area (Å²) in [6, 6.07) is 10.1. The molecule has 0 bridgehead atoms. The van der Waals surface area contributed by atoms with Crippen LogP contribution in [0.4, 0.5) is 0 Å². The summed E-state index contributed by atoms with van der Waals surface area (Å²) in [6.07, 6.45) is 4.20. The second-order valence-corrected chi connectivity index (χ2v) is 5.82. The van der Waals surface area contributed by atoms with Crippen LogP contribution in [0.2, 0.25) is 0 Å². The number of benzene rings is 2. The van der Waals surface area contributed by atoms with Crippen molar-refractivity contribution in [1.82, 2.24) is 4.90 Å². The minimum absolute atomic E-state index is 0.739. The van der Waals surface area contributed by atoms with Crippen molar-refractivity contribution in [2.24, 2.45) is 0 Å². The highest BCUT2D eigenvalue weighted by molar-refractivity contribution is 5.61. The highest BCUT2D eigenvalue weighted by atomic mass is 16.5. The van der Waals surface area contributed by atoms with Gasteiger partial charge in [0.05, 0.1) is 28.4 Å². The highest BCUT2D eigenvalue weighted by Crippen LogP contribution is 2.34. The predicted molar refractivity (Wildman–Crippen MR) is 97.4 cm³/mol.